The van der Waals surface area contributed by atoms with Crippen molar-refractivity contribution >= 4 is 11.6 Å². The van der Waals surface area contributed by atoms with Crippen LogP contribution in [0.4, 0.5) is 0 Å². The predicted octanol–water partition coefficient (Wildman–Crippen LogP) is 3.40. The van der Waals surface area contributed by atoms with E-state index in [9.17, 15) is 0 Å². The zero-order valence-electron chi connectivity index (χ0n) is 10.0. The molecule has 2 rings (SSSR count). The first kappa shape index (κ1) is 12.5. The van der Waals surface area contributed by atoms with Crippen LogP contribution in [0.15, 0.2) is 22.7 Å². The highest BCUT2D eigenvalue weighted by atomic mass is 35.5. The van der Waals surface area contributed by atoms with Gasteiger partial charge in [0.2, 0.25) is 0 Å². The number of hydrogen-bond donors (Lipinski definition) is 0. The van der Waals surface area contributed by atoms with Gasteiger partial charge in [0.15, 0.2) is 0 Å². The zero-order chi connectivity index (χ0) is 13.1. The molecule has 0 aliphatic heterocycles. The van der Waals surface area contributed by atoms with Crippen LogP contribution in [-0.4, -0.2) is 5.16 Å². The summed E-state index contributed by atoms with van der Waals surface area (Å²) in [6.45, 7) is 4.03. The van der Waals surface area contributed by atoms with E-state index in [0.717, 1.165) is 17.0 Å². The number of ether oxygens (including phenoxy) is 1. The Labute approximate surface area is 110 Å². The largest absolute Gasteiger partial charge is 0.487 e. The van der Waals surface area contributed by atoms with Crippen LogP contribution in [0, 0.1) is 25.2 Å². The summed E-state index contributed by atoms with van der Waals surface area (Å²) >= 11 is 6.01. The number of aryl methyl sites for hydroxylation is 2. The topological polar surface area (TPSA) is 59.1 Å². The van der Waals surface area contributed by atoms with Crippen LogP contribution in [0.25, 0.3) is 0 Å². The average molecular weight is 263 g/mol. The Morgan fingerprint density at radius 3 is 2.78 bits per heavy atom. The van der Waals surface area contributed by atoms with Gasteiger partial charge in [0.1, 0.15) is 18.1 Å². The van der Waals surface area contributed by atoms with Crippen LogP contribution in [0.5, 0.6) is 5.75 Å². The van der Waals surface area contributed by atoms with Gasteiger partial charge in [-0.1, -0.05) is 16.8 Å². The standard InChI is InChI=1S/C13H11ClN2O2/c1-8-11(9(2)18-16-8)7-17-13-4-3-10(6-15)5-12(13)14/h3-5H,7H2,1-2H3. The molecule has 1 aromatic carbocycles. The molecule has 0 N–H and O–H groups in total. The molecule has 1 heterocycles. The molecule has 0 bridgehead atoms. The number of nitriles is 1. The van der Waals surface area contributed by atoms with Gasteiger partial charge < -0.3 is 9.26 Å². The third kappa shape index (κ3) is 2.47. The van der Waals surface area contributed by atoms with Gasteiger partial charge in [-0.25, -0.2) is 0 Å². The molecular formula is C13H11ClN2O2. The first-order valence-corrected chi connectivity index (χ1v) is 5.74. The Morgan fingerprint density at radius 1 is 1.44 bits per heavy atom. The lowest BCUT2D eigenvalue weighted by molar-refractivity contribution is 0.302. The maximum Gasteiger partial charge on any atom is 0.140 e. The third-order valence-corrected chi connectivity index (χ3v) is 2.91. The van der Waals surface area contributed by atoms with Crippen molar-refractivity contribution in [3.8, 4) is 11.8 Å². The molecule has 0 fully saturated rings. The van der Waals surface area contributed by atoms with Crippen molar-refractivity contribution in [2.75, 3.05) is 0 Å². The van der Waals surface area contributed by atoms with Crippen molar-refractivity contribution in [1.82, 2.24) is 5.16 Å². The number of halogens is 1. The second kappa shape index (κ2) is 5.11. The second-order valence-electron chi connectivity index (χ2n) is 3.85. The first-order valence-electron chi connectivity index (χ1n) is 5.36. The van der Waals surface area contributed by atoms with Crippen LogP contribution in [0.2, 0.25) is 5.02 Å². The normalized spacial score (nSPS) is 10.1. The monoisotopic (exact) mass is 262 g/mol. The van der Waals surface area contributed by atoms with E-state index in [2.05, 4.69) is 5.16 Å². The molecular weight excluding hydrogens is 252 g/mol. The van der Waals surface area contributed by atoms with Crippen molar-refractivity contribution in [2.45, 2.75) is 20.5 Å². The summed E-state index contributed by atoms with van der Waals surface area (Å²) < 4.78 is 10.6. The van der Waals surface area contributed by atoms with E-state index < -0.39 is 0 Å². The van der Waals surface area contributed by atoms with E-state index in [1.165, 1.54) is 0 Å². The minimum Gasteiger partial charge on any atom is -0.487 e. The van der Waals surface area contributed by atoms with Gasteiger partial charge in [0.25, 0.3) is 0 Å². The summed E-state index contributed by atoms with van der Waals surface area (Å²) in [6, 6.07) is 6.93. The first-order chi connectivity index (χ1) is 8.61. The summed E-state index contributed by atoms with van der Waals surface area (Å²) in [5.74, 6) is 1.27. The van der Waals surface area contributed by atoms with Crippen LogP contribution in [0.1, 0.15) is 22.6 Å². The molecule has 92 valence electrons. The van der Waals surface area contributed by atoms with Crippen molar-refractivity contribution in [2.24, 2.45) is 0 Å². The highest BCUT2D eigenvalue weighted by Gasteiger charge is 2.10. The minimum absolute atomic E-state index is 0.340. The van der Waals surface area contributed by atoms with E-state index in [1.54, 1.807) is 18.2 Å². The maximum absolute atomic E-state index is 8.74. The molecule has 1 aromatic heterocycles. The Balaban J connectivity index is 2.14. The molecule has 0 aliphatic carbocycles. The third-order valence-electron chi connectivity index (χ3n) is 2.61. The molecule has 0 saturated heterocycles. The summed E-state index contributed by atoms with van der Waals surface area (Å²) in [5, 5.41) is 13.0. The fourth-order valence-corrected chi connectivity index (χ4v) is 1.78. The molecule has 2 aromatic rings. The van der Waals surface area contributed by atoms with Crippen LogP contribution < -0.4 is 4.74 Å². The van der Waals surface area contributed by atoms with Crippen molar-refractivity contribution < 1.29 is 9.26 Å². The highest BCUT2D eigenvalue weighted by molar-refractivity contribution is 6.32. The predicted molar refractivity (Wildman–Crippen MR) is 66.5 cm³/mol. The molecule has 0 radical (unpaired) electrons. The van der Waals surface area contributed by atoms with Gasteiger partial charge >= 0.3 is 0 Å². The van der Waals surface area contributed by atoms with Crippen LogP contribution in [0.3, 0.4) is 0 Å². The van der Waals surface area contributed by atoms with Gasteiger partial charge in [0.05, 0.1) is 27.9 Å². The smallest absolute Gasteiger partial charge is 0.140 e. The van der Waals surface area contributed by atoms with Gasteiger partial charge in [-0.15, -0.1) is 0 Å². The molecule has 0 unspecified atom stereocenters. The number of aromatic nitrogens is 1. The lowest BCUT2D eigenvalue weighted by atomic mass is 10.2. The number of benzene rings is 1. The fourth-order valence-electron chi connectivity index (χ4n) is 1.55. The van der Waals surface area contributed by atoms with Crippen molar-refractivity contribution in [1.29, 1.82) is 5.26 Å². The molecule has 0 atom stereocenters. The SMILES string of the molecule is Cc1noc(C)c1COc1ccc(C#N)cc1Cl. The molecule has 0 spiro atoms. The number of rotatable bonds is 3. The van der Waals surface area contributed by atoms with E-state index in [-0.39, 0.29) is 0 Å². The van der Waals surface area contributed by atoms with Crippen molar-refractivity contribution in [3.63, 3.8) is 0 Å². The number of nitrogens with zero attached hydrogens (tertiary/aromatic N) is 2. The summed E-state index contributed by atoms with van der Waals surface area (Å²) in [6.07, 6.45) is 0. The Kier molecular flexibility index (Phi) is 3.54. The van der Waals surface area contributed by atoms with Gasteiger partial charge in [-0.3, -0.25) is 0 Å². The molecule has 4 nitrogen and oxygen atoms in total. The quantitative estimate of drug-likeness (QED) is 0.851. The Hall–Kier alpha value is -1.99. The Bertz CT molecular complexity index is 594. The molecule has 0 aliphatic rings. The lowest BCUT2D eigenvalue weighted by Crippen LogP contribution is -1.98. The lowest BCUT2D eigenvalue weighted by Gasteiger charge is -2.07. The van der Waals surface area contributed by atoms with Crippen LogP contribution >= 0.6 is 11.6 Å². The molecule has 5 heteroatoms. The number of hydrogen-bond acceptors (Lipinski definition) is 4. The highest BCUT2D eigenvalue weighted by Crippen LogP contribution is 2.26. The molecule has 0 saturated carbocycles. The van der Waals surface area contributed by atoms with E-state index in [0.29, 0.717) is 22.9 Å². The fraction of sp³-hybridized carbons (Fsp3) is 0.231. The van der Waals surface area contributed by atoms with Gasteiger partial charge in [0, 0.05) is 0 Å². The Morgan fingerprint density at radius 2 is 2.22 bits per heavy atom. The zero-order valence-corrected chi connectivity index (χ0v) is 10.8. The van der Waals surface area contributed by atoms with E-state index in [4.69, 9.17) is 26.1 Å². The van der Waals surface area contributed by atoms with E-state index >= 15 is 0 Å². The van der Waals surface area contributed by atoms with Crippen LogP contribution in [-0.2, 0) is 6.61 Å². The van der Waals surface area contributed by atoms with Gasteiger partial charge in [-0.05, 0) is 32.0 Å². The van der Waals surface area contributed by atoms with E-state index in [1.807, 2.05) is 19.9 Å². The summed E-state index contributed by atoms with van der Waals surface area (Å²) in [5.41, 5.74) is 2.22. The second-order valence-corrected chi connectivity index (χ2v) is 4.26. The molecule has 18 heavy (non-hydrogen) atoms. The maximum atomic E-state index is 8.74. The minimum atomic E-state index is 0.340. The summed E-state index contributed by atoms with van der Waals surface area (Å²) in [7, 11) is 0. The summed E-state index contributed by atoms with van der Waals surface area (Å²) in [4.78, 5) is 0. The average Bonchev–Trinajstić information content (AvgIpc) is 2.68. The van der Waals surface area contributed by atoms with Gasteiger partial charge in [-0.2, -0.15) is 5.26 Å². The molecule has 0 amide bonds. The van der Waals surface area contributed by atoms with Crippen molar-refractivity contribution in [3.05, 3.63) is 45.8 Å².